The second-order valence-corrected chi connectivity index (χ2v) is 6.33. The van der Waals surface area contributed by atoms with E-state index in [2.05, 4.69) is 10.6 Å². The van der Waals surface area contributed by atoms with Crippen LogP contribution < -0.4 is 15.4 Å². The van der Waals surface area contributed by atoms with Gasteiger partial charge in [0, 0.05) is 5.92 Å². The van der Waals surface area contributed by atoms with Crippen LogP contribution in [0, 0.1) is 19.8 Å². The van der Waals surface area contributed by atoms with Gasteiger partial charge in [0.15, 0.2) is 5.75 Å². The van der Waals surface area contributed by atoms with Crippen LogP contribution in [0.4, 0.5) is 5.69 Å². The van der Waals surface area contributed by atoms with Gasteiger partial charge in [-0.05, 0) is 63.0 Å². The first-order valence-corrected chi connectivity index (χ1v) is 8.50. The third-order valence-corrected chi connectivity index (χ3v) is 4.48. The maximum Gasteiger partial charge on any atom is 0.227 e. The normalized spacial score (nSPS) is 14.5. The van der Waals surface area contributed by atoms with E-state index in [1.165, 1.54) is 0 Å². The molecule has 25 heavy (non-hydrogen) atoms. The fourth-order valence-electron chi connectivity index (χ4n) is 3.05. The molecular formula is C20H25ClN2O2. The molecule has 0 aromatic heterocycles. The van der Waals surface area contributed by atoms with Crippen molar-refractivity contribution in [3.8, 4) is 11.5 Å². The Hall–Kier alpha value is -2.04. The van der Waals surface area contributed by atoms with Crippen molar-refractivity contribution in [1.29, 1.82) is 0 Å². The number of rotatable bonds is 4. The van der Waals surface area contributed by atoms with Gasteiger partial charge in [0.1, 0.15) is 5.75 Å². The molecule has 1 heterocycles. The number of carbonyl (C=O) groups excluding carboxylic acids is 1. The van der Waals surface area contributed by atoms with Gasteiger partial charge in [-0.3, -0.25) is 4.79 Å². The molecule has 3 rings (SSSR count). The Kier molecular flexibility index (Phi) is 6.85. The van der Waals surface area contributed by atoms with E-state index in [9.17, 15) is 4.79 Å². The fourth-order valence-corrected chi connectivity index (χ4v) is 3.05. The molecule has 1 aliphatic heterocycles. The number of hydrogen-bond donors (Lipinski definition) is 2. The van der Waals surface area contributed by atoms with Gasteiger partial charge in [-0.2, -0.15) is 0 Å². The molecule has 0 spiro atoms. The SMILES string of the molecule is Cc1cccc(C)c1Oc1ccccc1NC(=O)C1CCNCC1.Cl. The minimum absolute atomic E-state index is 0. The molecule has 4 nitrogen and oxygen atoms in total. The monoisotopic (exact) mass is 360 g/mol. The van der Waals surface area contributed by atoms with Crippen LogP contribution in [0.15, 0.2) is 42.5 Å². The second-order valence-electron chi connectivity index (χ2n) is 6.33. The Morgan fingerprint density at radius 3 is 2.36 bits per heavy atom. The van der Waals surface area contributed by atoms with Gasteiger partial charge >= 0.3 is 0 Å². The predicted molar refractivity (Wildman–Crippen MR) is 104 cm³/mol. The van der Waals surface area contributed by atoms with Crippen LogP contribution in [-0.2, 0) is 4.79 Å². The van der Waals surface area contributed by atoms with Crippen molar-refractivity contribution in [2.75, 3.05) is 18.4 Å². The predicted octanol–water partition coefficient (Wildman–Crippen LogP) is 4.46. The third kappa shape index (κ3) is 4.74. The van der Waals surface area contributed by atoms with Crippen LogP contribution in [0.2, 0.25) is 0 Å². The fraction of sp³-hybridized carbons (Fsp3) is 0.350. The van der Waals surface area contributed by atoms with E-state index in [0.29, 0.717) is 5.75 Å². The van der Waals surface area contributed by atoms with E-state index in [4.69, 9.17) is 4.74 Å². The number of hydrogen-bond acceptors (Lipinski definition) is 3. The Labute approximate surface area is 155 Å². The summed E-state index contributed by atoms with van der Waals surface area (Å²) in [6.45, 7) is 5.86. The maximum atomic E-state index is 12.5. The molecule has 0 unspecified atom stereocenters. The summed E-state index contributed by atoms with van der Waals surface area (Å²) in [6, 6.07) is 13.7. The summed E-state index contributed by atoms with van der Waals surface area (Å²) in [6.07, 6.45) is 1.76. The number of ether oxygens (including phenoxy) is 1. The van der Waals surface area contributed by atoms with E-state index in [1.54, 1.807) is 0 Å². The van der Waals surface area contributed by atoms with Crippen molar-refractivity contribution in [2.24, 2.45) is 5.92 Å². The van der Waals surface area contributed by atoms with Gasteiger partial charge < -0.3 is 15.4 Å². The average Bonchev–Trinajstić information content (AvgIpc) is 2.60. The number of anilines is 1. The van der Waals surface area contributed by atoms with E-state index in [-0.39, 0.29) is 24.2 Å². The molecule has 1 saturated heterocycles. The zero-order valence-corrected chi connectivity index (χ0v) is 15.5. The van der Waals surface area contributed by atoms with Gasteiger partial charge in [0.05, 0.1) is 5.69 Å². The molecule has 2 aromatic carbocycles. The first-order valence-electron chi connectivity index (χ1n) is 8.50. The summed E-state index contributed by atoms with van der Waals surface area (Å²) in [5, 5.41) is 6.33. The van der Waals surface area contributed by atoms with Crippen LogP contribution in [0.3, 0.4) is 0 Å². The molecule has 0 aliphatic carbocycles. The van der Waals surface area contributed by atoms with Gasteiger partial charge in [0.25, 0.3) is 0 Å². The van der Waals surface area contributed by atoms with Crippen molar-refractivity contribution in [1.82, 2.24) is 5.32 Å². The number of para-hydroxylation sites is 3. The molecule has 1 amide bonds. The van der Waals surface area contributed by atoms with Crippen molar-refractivity contribution < 1.29 is 9.53 Å². The standard InChI is InChI=1S/C20H24N2O2.ClH/c1-14-6-5-7-15(2)19(14)24-18-9-4-3-8-17(18)22-20(23)16-10-12-21-13-11-16;/h3-9,16,21H,10-13H2,1-2H3,(H,22,23);1H. The lowest BCUT2D eigenvalue weighted by molar-refractivity contribution is -0.120. The molecule has 2 N–H and O–H groups in total. The van der Waals surface area contributed by atoms with Crippen LogP contribution in [0.25, 0.3) is 0 Å². The van der Waals surface area contributed by atoms with Crippen LogP contribution in [0.1, 0.15) is 24.0 Å². The molecule has 0 radical (unpaired) electrons. The molecule has 1 fully saturated rings. The molecule has 0 saturated carbocycles. The minimum Gasteiger partial charge on any atom is -0.455 e. The summed E-state index contributed by atoms with van der Waals surface area (Å²) in [7, 11) is 0. The first-order chi connectivity index (χ1) is 11.6. The van der Waals surface area contributed by atoms with Gasteiger partial charge in [0.2, 0.25) is 5.91 Å². The van der Waals surface area contributed by atoms with Crippen molar-refractivity contribution in [3.63, 3.8) is 0 Å². The van der Waals surface area contributed by atoms with Gasteiger partial charge in [-0.15, -0.1) is 12.4 Å². The topological polar surface area (TPSA) is 50.4 Å². The lowest BCUT2D eigenvalue weighted by Gasteiger charge is -2.22. The first kappa shape index (κ1) is 19.3. The van der Waals surface area contributed by atoms with E-state index < -0.39 is 0 Å². The molecule has 0 bridgehead atoms. The minimum atomic E-state index is 0. The second kappa shape index (κ2) is 8.88. The number of nitrogens with one attached hydrogen (secondary N) is 2. The largest absolute Gasteiger partial charge is 0.455 e. The van der Waals surface area contributed by atoms with Gasteiger partial charge in [-0.25, -0.2) is 0 Å². The highest BCUT2D eigenvalue weighted by molar-refractivity contribution is 5.94. The van der Waals surface area contributed by atoms with Crippen LogP contribution in [-0.4, -0.2) is 19.0 Å². The zero-order valence-electron chi connectivity index (χ0n) is 14.7. The number of halogens is 1. The Morgan fingerprint density at radius 2 is 1.68 bits per heavy atom. The van der Waals surface area contributed by atoms with Crippen molar-refractivity contribution >= 4 is 24.0 Å². The van der Waals surface area contributed by atoms with Crippen LogP contribution in [0.5, 0.6) is 11.5 Å². The summed E-state index contributed by atoms with van der Waals surface area (Å²) in [5.74, 6) is 1.67. The van der Waals surface area contributed by atoms with E-state index >= 15 is 0 Å². The smallest absolute Gasteiger partial charge is 0.227 e. The Morgan fingerprint density at radius 1 is 1.04 bits per heavy atom. The zero-order chi connectivity index (χ0) is 16.9. The number of aryl methyl sites for hydroxylation is 2. The van der Waals surface area contributed by atoms with Crippen molar-refractivity contribution in [2.45, 2.75) is 26.7 Å². The Balaban J connectivity index is 0.00000225. The molecule has 0 atom stereocenters. The molecule has 2 aromatic rings. The number of benzene rings is 2. The highest BCUT2D eigenvalue weighted by Crippen LogP contribution is 2.33. The summed E-state index contributed by atoms with van der Waals surface area (Å²) in [4.78, 5) is 12.5. The molecule has 134 valence electrons. The number of piperidine rings is 1. The number of amides is 1. The lowest BCUT2D eigenvalue weighted by atomic mass is 9.97. The molecule has 5 heteroatoms. The molecular weight excluding hydrogens is 336 g/mol. The summed E-state index contributed by atoms with van der Waals surface area (Å²) >= 11 is 0. The van der Waals surface area contributed by atoms with Crippen LogP contribution >= 0.6 is 12.4 Å². The Bertz CT molecular complexity index is 707. The molecule has 1 aliphatic rings. The highest BCUT2D eigenvalue weighted by atomic mass is 35.5. The van der Waals surface area contributed by atoms with E-state index in [0.717, 1.165) is 48.5 Å². The summed E-state index contributed by atoms with van der Waals surface area (Å²) in [5.41, 5.74) is 2.88. The average molecular weight is 361 g/mol. The maximum absolute atomic E-state index is 12.5. The number of carbonyl (C=O) groups is 1. The quantitative estimate of drug-likeness (QED) is 0.846. The lowest BCUT2D eigenvalue weighted by Crippen LogP contribution is -2.34. The summed E-state index contributed by atoms with van der Waals surface area (Å²) < 4.78 is 6.13. The highest BCUT2D eigenvalue weighted by Gasteiger charge is 2.22. The third-order valence-electron chi connectivity index (χ3n) is 4.48. The van der Waals surface area contributed by atoms with E-state index in [1.807, 2.05) is 56.3 Å². The van der Waals surface area contributed by atoms with Crippen molar-refractivity contribution in [3.05, 3.63) is 53.6 Å². The van der Waals surface area contributed by atoms with Gasteiger partial charge in [-0.1, -0.05) is 30.3 Å².